The number of aliphatic hydroxyl groups is 1. The normalized spacial score (nSPS) is 19.0. The summed E-state index contributed by atoms with van der Waals surface area (Å²) >= 11 is 0. The number of carbonyl (C=O) groups excluding carboxylic acids is 4. The van der Waals surface area contributed by atoms with E-state index in [1.54, 1.807) is 85.7 Å². The standard InChI is InChI=1S/C26H38N5O8PS.C14H16N4O3S.C12H22NO5P.C12H23O6P.C7H12O3.C6H12F3O6PS.Na.H/c1-4-38-40(34,39-5-2)18-37-22-10-8-21(9-11-22)30-26(33)31-41(35,36)23-12-6-20(7-13-23)14-15-27-25(32)24-17-28-19(3)16-29-24;1-10-8-18-13(9-17-10)14(19)16-7-6-11-2-4-12(5-3-11)22(15,20)21;1-3-17-19(15,18-4-2)10-16-12-7-5-11(6-8-12)13-9-14;1-3-17-19(15,18-4-2)9-16-11-7-5-10(6-8-11)12(13)14;8-6-3-1-5(2-4-6)7(9)10;1-3-13-16(10,14-4-2)5-15-17(11,12)6(7,8)9;;/h6-7,12-13,16-17,21-22H,4-5,8-11,14-15,18H2,1-3H3,(H,27,32)(H2,30,31,33);2-5,8-9H,6-7H2,1H3,(H,16,19)(H2,15,20,21);11-12H,3-8,10H2,1-2H3;10-11H,3-9H2,1-2H3,(H,13,14);5-6,8H,1-4H2,(H,9,10);3-5H2,1-2H3;;/q;;;;;;+1;-1. The van der Waals surface area contributed by atoms with Crippen molar-refractivity contribution in [3.8, 4) is 0 Å². The molecule has 4 saturated carbocycles. The largest absolute Gasteiger partial charge is 1.00 e. The van der Waals surface area contributed by atoms with Crippen molar-refractivity contribution in [3.05, 3.63) is 107 Å². The van der Waals surface area contributed by atoms with Crippen LogP contribution < -0.4 is 55.4 Å². The fourth-order valence-electron chi connectivity index (χ4n) is 12.3. The molecule has 0 aliphatic heterocycles. The third-order valence-corrected chi connectivity index (χ3v) is 29.3. The third kappa shape index (κ3) is 47.7. The SMILES string of the molecule is CCOP(=O)(COC1CCC(C(=O)O)CC1)OCC.CCOP(=O)(COC1CCC(N=C=O)CC1)OCC.CCOP(=O)(COC1CCC(NC(=O)NS(=O)(=O)c2ccc(CCNC(=O)c3cnc(C)cn3)cc2)CC1)OCC.CCOP(=O)(COS(=O)(=O)C(F)(F)F)OCC.Cc1cnc(C(=O)NCCc2ccc(S(N)(=O)=O)cc2)cn1.O=C(O)C1CCC(O)CC1.[H-].[Na+]. The van der Waals surface area contributed by atoms with Crippen molar-refractivity contribution >= 4 is 96.4 Å². The second-order valence-corrected chi connectivity index (χ2v) is 41.4. The molecular weight excluding hydrogens is 1860 g/mol. The van der Waals surface area contributed by atoms with Crippen molar-refractivity contribution in [2.75, 3.05) is 91.3 Å². The van der Waals surface area contributed by atoms with Crippen LogP contribution in [0.1, 0.15) is 203 Å². The van der Waals surface area contributed by atoms with Crippen LogP contribution in [0.2, 0.25) is 0 Å². The van der Waals surface area contributed by atoms with E-state index in [0.29, 0.717) is 135 Å². The molecule has 4 aliphatic carbocycles. The summed E-state index contributed by atoms with van der Waals surface area (Å²) in [5, 5.41) is 39.7. The van der Waals surface area contributed by atoms with Gasteiger partial charge in [-0.05, 0) is 220 Å². The summed E-state index contributed by atoms with van der Waals surface area (Å²) in [6, 6.07) is 11.3. The minimum atomic E-state index is -5.80. The number of nitrogens with one attached hydrogen (secondary N) is 4. The number of halogens is 3. The van der Waals surface area contributed by atoms with Gasteiger partial charge in [-0.1, -0.05) is 24.3 Å². The second-order valence-electron chi connectivity index (χ2n) is 28.6. The molecule has 0 unspecified atom stereocenters. The Bertz CT molecular complexity index is 4530. The molecule has 4 aromatic rings. The second kappa shape index (κ2) is 61.2. The number of carboxylic acids is 2. The van der Waals surface area contributed by atoms with E-state index in [4.69, 9.17) is 61.8 Å². The number of sulfonamides is 2. The van der Waals surface area contributed by atoms with Gasteiger partial charge >= 0.3 is 93.5 Å². The van der Waals surface area contributed by atoms with Gasteiger partial charge in [-0.15, -0.1) is 0 Å². The molecule has 4 amide bonds. The number of primary sulfonamides is 1. The molecule has 4 aliphatic rings. The van der Waals surface area contributed by atoms with Crippen LogP contribution in [0.5, 0.6) is 0 Å². The number of hydrogen-bond acceptors (Lipinski definition) is 34. The van der Waals surface area contributed by atoms with Crippen LogP contribution in [-0.2, 0) is 130 Å². The molecule has 0 radical (unpaired) electrons. The maximum absolute atomic E-state index is 12.7. The molecule has 9 N–H and O–H groups in total. The van der Waals surface area contributed by atoms with E-state index in [9.17, 15) is 85.5 Å². The number of isocyanates is 1. The van der Waals surface area contributed by atoms with Crippen molar-refractivity contribution in [3.63, 3.8) is 0 Å². The fourth-order valence-corrected chi connectivity index (χ4v) is 20.2. The van der Waals surface area contributed by atoms with Gasteiger partial charge in [0, 0.05) is 31.5 Å². The molecule has 0 bridgehead atoms. The number of ether oxygens (including phenoxy) is 3. The van der Waals surface area contributed by atoms with Crippen LogP contribution in [0.3, 0.4) is 0 Å². The number of urea groups is 1. The molecule has 129 heavy (non-hydrogen) atoms. The topological polar surface area (TPSA) is 583 Å². The van der Waals surface area contributed by atoms with E-state index < -0.39 is 90.4 Å². The molecule has 0 saturated heterocycles. The summed E-state index contributed by atoms with van der Waals surface area (Å²) in [6.07, 6.45) is 17.3. The van der Waals surface area contributed by atoms with Gasteiger partial charge < -0.3 is 83.1 Å². The predicted octanol–water partition coefficient (Wildman–Crippen LogP) is 9.26. The zero-order valence-electron chi connectivity index (χ0n) is 75.4. The molecule has 4 fully saturated rings. The average molecular weight is 1990 g/mol. The number of aromatic nitrogens is 4. The Balaban J connectivity index is 0.000000821. The van der Waals surface area contributed by atoms with Gasteiger partial charge in [0.15, 0.2) is 6.35 Å². The molecule has 8 rings (SSSR count). The zero-order valence-corrected chi connectivity index (χ0v) is 82.4. The fraction of sp³-hybridized carbons (Fsp3) is 0.662. The van der Waals surface area contributed by atoms with E-state index in [1.807, 2.05) is 0 Å². The van der Waals surface area contributed by atoms with E-state index >= 15 is 0 Å². The number of nitrogens with zero attached hydrogens (tertiary/aromatic N) is 5. The van der Waals surface area contributed by atoms with Crippen LogP contribution in [-0.4, -0.2) is 230 Å². The van der Waals surface area contributed by atoms with Crippen molar-refractivity contribution in [2.24, 2.45) is 22.0 Å². The average Bonchev–Trinajstić information content (AvgIpc) is 0.829. The number of carbonyl (C=O) groups is 5. The minimum Gasteiger partial charge on any atom is -1.00 e. The number of carboxylic acid groups (broad SMARTS) is 2. The number of aliphatic carboxylic acids is 2. The van der Waals surface area contributed by atoms with Gasteiger partial charge in [-0.2, -0.15) is 21.6 Å². The third-order valence-electron chi connectivity index (χ3n) is 18.8. The number of nitrogens with two attached hydrogens (primary N) is 1. The van der Waals surface area contributed by atoms with Crippen molar-refractivity contribution < 1.29 is 186 Å². The number of hydrogen-bond donors (Lipinski definition) is 8. The predicted molar refractivity (Wildman–Crippen MR) is 461 cm³/mol. The first-order valence-electron chi connectivity index (χ1n) is 41.5. The Labute approximate surface area is 775 Å². The number of aryl methyl sites for hydroxylation is 2. The summed E-state index contributed by atoms with van der Waals surface area (Å²) in [7, 11) is -27.1. The van der Waals surface area contributed by atoms with E-state index in [2.05, 4.69) is 58.8 Å². The van der Waals surface area contributed by atoms with E-state index in [-0.39, 0.29) is 158 Å². The molecular formula is C77H124F3N10NaO31P4S3. The van der Waals surface area contributed by atoms with Crippen LogP contribution in [0.15, 0.2) is 88.1 Å². The van der Waals surface area contributed by atoms with Crippen LogP contribution in [0, 0.1) is 25.7 Å². The number of aliphatic hydroxyl groups excluding tert-OH is 1. The number of rotatable bonds is 43. The molecule has 2 aromatic carbocycles. The Morgan fingerprint density at radius 2 is 0.822 bits per heavy atom. The summed E-state index contributed by atoms with van der Waals surface area (Å²) in [6.45, 7) is 19.2. The smallest absolute Gasteiger partial charge is 1.00 e. The van der Waals surface area contributed by atoms with Crippen molar-refractivity contribution in [1.82, 2.24) is 40.6 Å². The van der Waals surface area contributed by atoms with Gasteiger partial charge in [0.2, 0.25) is 16.1 Å². The summed E-state index contributed by atoms with van der Waals surface area (Å²) < 4.78 is 216. The minimum absolute atomic E-state index is 0. The molecule has 2 aromatic heterocycles. The van der Waals surface area contributed by atoms with Crippen molar-refractivity contribution in [1.29, 1.82) is 0 Å². The number of amides is 4. The van der Waals surface area contributed by atoms with Crippen LogP contribution >= 0.6 is 30.4 Å². The Hall–Kier alpha value is -5.87. The van der Waals surface area contributed by atoms with Gasteiger partial charge in [0.1, 0.15) is 30.4 Å². The summed E-state index contributed by atoms with van der Waals surface area (Å²) in [5.74, 6) is -2.58. The quantitative estimate of drug-likeness (QED) is 0.00511. The molecule has 728 valence electrons. The number of benzene rings is 2. The van der Waals surface area contributed by atoms with Gasteiger partial charge in [0.05, 0.1) is 129 Å². The van der Waals surface area contributed by atoms with E-state index in [0.717, 1.165) is 42.5 Å². The van der Waals surface area contributed by atoms with Gasteiger partial charge in [0.25, 0.3) is 21.8 Å². The number of alkyl halides is 3. The van der Waals surface area contributed by atoms with E-state index in [1.165, 1.54) is 62.9 Å². The zero-order chi connectivity index (χ0) is 95.8. The molecule has 0 spiro atoms. The Kier molecular flexibility index (Phi) is 56.5. The maximum atomic E-state index is 12.7. The van der Waals surface area contributed by atoms with Crippen LogP contribution in [0.4, 0.5) is 18.0 Å². The molecule has 52 heteroatoms. The first-order valence-corrected chi connectivity index (χ1v) is 52.9. The van der Waals surface area contributed by atoms with Crippen LogP contribution in [0.25, 0.3) is 0 Å². The van der Waals surface area contributed by atoms with Gasteiger partial charge in [-0.3, -0.25) is 51.6 Å². The van der Waals surface area contributed by atoms with Crippen molar-refractivity contribution in [2.45, 2.75) is 237 Å². The summed E-state index contributed by atoms with van der Waals surface area (Å²) in [4.78, 5) is 87.6. The van der Waals surface area contributed by atoms with Gasteiger partial charge in [-0.25, -0.2) is 51.2 Å². The number of aliphatic imine (C=N–C) groups is 1. The summed E-state index contributed by atoms with van der Waals surface area (Å²) in [5.41, 5.74) is -1.94. The molecule has 2 heterocycles. The molecule has 0 atom stereocenters. The maximum Gasteiger partial charge on any atom is 1.00 e. The first-order chi connectivity index (χ1) is 60.3. The monoisotopic (exact) mass is 1980 g/mol. The Morgan fingerprint density at radius 3 is 1.13 bits per heavy atom. The first kappa shape index (κ1) is 119. The Morgan fingerprint density at radius 1 is 0.496 bits per heavy atom. The molecule has 41 nitrogen and oxygen atoms in total.